The number of nitrogens with zero attached hydrogens (tertiary/aromatic N) is 5. The molecule has 1 aliphatic heterocycles. The molecule has 8 nitrogen and oxygen atoms in total. The van der Waals surface area contributed by atoms with Crippen LogP contribution in [0.5, 0.6) is 0 Å². The molecule has 1 aromatic carbocycles. The number of aryl methyl sites for hydroxylation is 1. The van der Waals surface area contributed by atoms with Gasteiger partial charge in [-0.25, -0.2) is 0 Å². The minimum atomic E-state index is -0.876. The van der Waals surface area contributed by atoms with E-state index in [-0.39, 0.29) is 24.9 Å². The van der Waals surface area contributed by atoms with Crippen LogP contribution < -0.4 is 0 Å². The molecular weight excluding hydrogens is 334 g/mol. The van der Waals surface area contributed by atoms with Crippen molar-refractivity contribution in [2.75, 3.05) is 13.1 Å². The molecule has 1 aromatic heterocycles. The number of benzene rings is 1. The lowest BCUT2D eigenvalue weighted by Crippen LogP contribution is -2.41. The number of tetrazole rings is 1. The number of likely N-dealkylation sites (tertiary alicyclic amines) is 1. The number of rotatable bonds is 5. The summed E-state index contributed by atoms with van der Waals surface area (Å²) >= 11 is 0. The second-order valence-electron chi connectivity index (χ2n) is 7.19. The van der Waals surface area contributed by atoms with E-state index in [0.717, 1.165) is 11.1 Å². The highest BCUT2D eigenvalue weighted by Crippen LogP contribution is 2.38. The van der Waals surface area contributed by atoms with E-state index in [9.17, 15) is 14.7 Å². The summed E-state index contributed by atoms with van der Waals surface area (Å²) in [7, 11) is 0. The van der Waals surface area contributed by atoms with Crippen LogP contribution in [0, 0.1) is 18.3 Å². The van der Waals surface area contributed by atoms with Gasteiger partial charge in [-0.15, -0.1) is 10.2 Å². The molecule has 1 saturated heterocycles. The summed E-state index contributed by atoms with van der Waals surface area (Å²) in [6.07, 6.45) is 0.463. The minimum absolute atomic E-state index is 0.0459. The topological polar surface area (TPSA) is 101 Å². The van der Waals surface area contributed by atoms with E-state index in [1.54, 1.807) is 4.90 Å². The van der Waals surface area contributed by atoms with Gasteiger partial charge in [-0.05, 0) is 24.5 Å². The largest absolute Gasteiger partial charge is 0.481 e. The molecule has 2 aromatic rings. The molecule has 2 heterocycles. The third-order valence-corrected chi connectivity index (χ3v) is 5.22. The number of amides is 1. The summed E-state index contributed by atoms with van der Waals surface area (Å²) in [5, 5.41) is 21.8. The van der Waals surface area contributed by atoms with Crippen LogP contribution in [-0.4, -0.2) is 55.2 Å². The lowest BCUT2D eigenvalue weighted by atomic mass is 9.76. The smallest absolute Gasteiger partial charge is 0.311 e. The van der Waals surface area contributed by atoms with Crippen LogP contribution in [0.25, 0.3) is 11.4 Å². The molecule has 3 rings (SSSR count). The van der Waals surface area contributed by atoms with Crippen LogP contribution in [0.15, 0.2) is 24.3 Å². The molecule has 138 valence electrons. The van der Waals surface area contributed by atoms with Crippen molar-refractivity contribution in [3.05, 3.63) is 29.8 Å². The van der Waals surface area contributed by atoms with Gasteiger partial charge in [-0.2, -0.15) is 4.80 Å². The predicted molar refractivity (Wildman–Crippen MR) is 94.1 cm³/mol. The van der Waals surface area contributed by atoms with Crippen molar-refractivity contribution in [1.82, 2.24) is 25.1 Å². The molecule has 1 N–H and O–H groups in total. The van der Waals surface area contributed by atoms with Crippen molar-refractivity contribution >= 4 is 11.9 Å². The highest BCUT2D eigenvalue weighted by atomic mass is 16.4. The zero-order chi connectivity index (χ0) is 18.9. The lowest BCUT2D eigenvalue weighted by Gasteiger charge is -2.28. The Hall–Kier alpha value is -2.77. The van der Waals surface area contributed by atoms with Crippen LogP contribution in [-0.2, 0) is 16.1 Å². The molecule has 0 saturated carbocycles. The maximum absolute atomic E-state index is 12.5. The fourth-order valence-electron chi connectivity index (χ4n) is 3.29. The molecule has 1 atom stereocenters. The first-order valence-electron chi connectivity index (χ1n) is 8.68. The van der Waals surface area contributed by atoms with Gasteiger partial charge in [0.05, 0.1) is 5.41 Å². The summed E-state index contributed by atoms with van der Waals surface area (Å²) < 4.78 is 0. The third kappa shape index (κ3) is 3.31. The monoisotopic (exact) mass is 357 g/mol. The molecule has 1 amide bonds. The van der Waals surface area contributed by atoms with Gasteiger partial charge in [0.1, 0.15) is 6.54 Å². The SMILES string of the molecule is Cc1ccc(-c2nnn(CC(=O)N3CCC(C(=O)O)(C(C)C)C3)n2)cc1. The average Bonchev–Trinajstić information content (AvgIpc) is 3.23. The maximum atomic E-state index is 12.5. The number of carboxylic acids is 1. The second kappa shape index (κ2) is 6.86. The van der Waals surface area contributed by atoms with Gasteiger partial charge in [-0.3, -0.25) is 9.59 Å². The van der Waals surface area contributed by atoms with Gasteiger partial charge >= 0.3 is 5.97 Å². The summed E-state index contributed by atoms with van der Waals surface area (Å²) in [5.41, 5.74) is 1.09. The van der Waals surface area contributed by atoms with Crippen molar-refractivity contribution in [1.29, 1.82) is 0 Å². The summed E-state index contributed by atoms with van der Waals surface area (Å²) in [6, 6.07) is 7.73. The normalized spacial score (nSPS) is 19.9. The molecule has 0 radical (unpaired) electrons. The first kappa shape index (κ1) is 18.0. The quantitative estimate of drug-likeness (QED) is 0.872. The standard InChI is InChI=1S/C18H23N5O3/c1-12(2)18(17(25)26)8-9-22(11-18)15(24)10-23-20-16(19-21-23)14-6-4-13(3)5-7-14/h4-7,12H,8-11H2,1-3H3,(H,25,26). The molecular formula is C18H23N5O3. The molecule has 0 aliphatic carbocycles. The van der Waals surface area contributed by atoms with Crippen LogP contribution >= 0.6 is 0 Å². The fraction of sp³-hybridized carbons (Fsp3) is 0.500. The van der Waals surface area contributed by atoms with Crippen molar-refractivity contribution < 1.29 is 14.7 Å². The van der Waals surface area contributed by atoms with Crippen molar-refractivity contribution in [3.8, 4) is 11.4 Å². The number of carbonyl (C=O) groups excluding carboxylic acids is 1. The van der Waals surface area contributed by atoms with E-state index < -0.39 is 11.4 Å². The lowest BCUT2D eigenvalue weighted by molar-refractivity contribution is -0.151. The van der Waals surface area contributed by atoms with E-state index in [2.05, 4.69) is 15.4 Å². The van der Waals surface area contributed by atoms with E-state index in [4.69, 9.17) is 0 Å². The van der Waals surface area contributed by atoms with E-state index in [1.807, 2.05) is 45.0 Å². The van der Waals surface area contributed by atoms with Gasteiger partial charge < -0.3 is 10.0 Å². The Balaban J connectivity index is 1.68. The van der Waals surface area contributed by atoms with Gasteiger partial charge in [0.25, 0.3) is 0 Å². The molecule has 8 heteroatoms. The maximum Gasteiger partial charge on any atom is 0.311 e. The van der Waals surface area contributed by atoms with E-state index >= 15 is 0 Å². The highest BCUT2D eigenvalue weighted by Gasteiger charge is 2.48. The molecule has 1 fully saturated rings. The van der Waals surface area contributed by atoms with Crippen molar-refractivity contribution in [2.24, 2.45) is 11.3 Å². The number of aromatic nitrogens is 4. The number of hydrogen-bond acceptors (Lipinski definition) is 5. The van der Waals surface area contributed by atoms with Crippen LogP contribution in [0.1, 0.15) is 25.8 Å². The molecule has 1 aliphatic rings. The highest BCUT2D eigenvalue weighted by molar-refractivity contribution is 5.80. The van der Waals surface area contributed by atoms with Crippen LogP contribution in [0.3, 0.4) is 0 Å². The Bertz CT molecular complexity index is 814. The molecule has 1 unspecified atom stereocenters. The summed E-state index contributed by atoms with van der Waals surface area (Å²) in [5.74, 6) is -0.623. The predicted octanol–water partition coefficient (Wildman–Crippen LogP) is 1.61. The Morgan fingerprint density at radius 2 is 1.96 bits per heavy atom. The first-order valence-corrected chi connectivity index (χ1v) is 8.68. The Labute approximate surface area is 151 Å². The van der Waals surface area contributed by atoms with Gasteiger partial charge in [0.15, 0.2) is 0 Å². The molecule has 0 bridgehead atoms. The summed E-state index contributed by atoms with van der Waals surface area (Å²) in [4.78, 5) is 27.1. The molecule has 0 spiro atoms. The number of hydrogen-bond donors (Lipinski definition) is 1. The van der Waals surface area contributed by atoms with Gasteiger partial charge in [-0.1, -0.05) is 43.7 Å². The van der Waals surface area contributed by atoms with Crippen LogP contribution in [0.4, 0.5) is 0 Å². The summed E-state index contributed by atoms with van der Waals surface area (Å²) in [6.45, 7) is 6.37. The Morgan fingerprint density at radius 3 is 2.54 bits per heavy atom. The van der Waals surface area contributed by atoms with Crippen LogP contribution in [0.2, 0.25) is 0 Å². The number of carbonyl (C=O) groups is 2. The first-order chi connectivity index (χ1) is 12.3. The Kier molecular flexibility index (Phi) is 4.76. The number of aliphatic carboxylic acids is 1. The van der Waals surface area contributed by atoms with Gasteiger partial charge in [0.2, 0.25) is 11.7 Å². The third-order valence-electron chi connectivity index (χ3n) is 5.22. The van der Waals surface area contributed by atoms with Crippen molar-refractivity contribution in [2.45, 2.75) is 33.7 Å². The minimum Gasteiger partial charge on any atom is -0.481 e. The zero-order valence-corrected chi connectivity index (χ0v) is 15.2. The van der Waals surface area contributed by atoms with E-state index in [1.165, 1.54) is 4.80 Å². The number of carboxylic acid groups (broad SMARTS) is 1. The molecule has 26 heavy (non-hydrogen) atoms. The average molecular weight is 357 g/mol. The Morgan fingerprint density at radius 1 is 1.27 bits per heavy atom. The van der Waals surface area contributed by atoms with E-state index in [0.29, 0.717) is 18.8 Å². The fourth-order valence-corrected chi connectivity index (χ4v) is 3.29. The second-order valence-corrected chi connectivity index (χ2v) is 7.19. The van der Waals surface area contributed by atoms with Gasteiger partial charge in [0, 0.05) is 18.7 Å². The zero-order valence-electron chi connectivity index (χ0n) is 15.2. The van der Waals surface area contributed by atoms with Crippen molar-refractivity contribution in [3.63, 3.8) is 0 Å².